The molecule has 0 saturated heterocycles. The highest BCUT2D eigenvalue weighted by molar-refractivity contribution is 8.00. The Morgan fingerprint density at radius 1 is 1.13 bits per heavy atom. The van der Waals surface area contributed by atoms with Crippen molar-refractivity contribution in [2.24, 2.45) is 0 Å². The zero-order valence-corrected chi connectivity index (χ0v) is 18.6. The number of esters is 1. The highest BCUT2D eigenvalue weighted by atomic mass is 32.2. The van der Waals surface area contributed by atoms with Crippen molar-refractivity contribution in [1.29, 1.82) is 0 Å². The predicted molar refractivity (Wildman–Crippen MR) is 121 cm³/mol. The third-order valence-electron chi connectivity index (χ3n) is 4.49. The number of thioether (sulfide) groups is 1. The molecule has 1 N–H and O–H groups in total. The summed E-state index contributed by atoms with van der Waals surface area (Å²) >= 11 is 3.17. The van der Waals surface area contributed by atoms with E-state index in [0.717, 1.165) is 21.2 Å². The fourth-order valence-corrected chi connectivity index (χ4v) is 4.66. The number of amides is 1. The monoisotopic (exact) mass is 440 g/mol. The molecule has 1 unspecified atom stereocenters. The minimum Gasteiger partial charge on any atom is -0.452 e. The second-order valence-corrected chi connectivity index (χ2v) is 8.97. The highest BCUT2D eigenvalue weighted by Gasteiger charge is 2.15. The Labute approximate surface area is 184 Å². The van der Waals surface area contributed by atoms with Crippen LogP contribution in [0.25, 0.3) is 0 Å². The van der Waals surface area contributed by atoms with Gasteiger partial charge in [0.2, 0.25) is 0 Å². The molecule has 1 aromatic heterocycles. The van der Waals surface area contributed by atoms with E-state index in [1.165, 1.54) is 0 Å². The minimum atomic E-state index is -0.493. The lowest BCUT2D eigenvalue weighted by Gasteiger charge is -2.13. The first-order valence-corrected chi connectivity index (χ1v) is 11.5. The number of ether oxygens (including phenoxy) is 1. The molecule has 7 heteroatoms. The van der Waals surface area contributed by atoms with E-state index < -0.39 is 5.97 Å². The summed E-state index contributed by atoms with van der Waals surface area (Å²) in [5.74, 6) is -0.0129. The van der Waals surface area contributed by atoms with Crippen LogP contribution in [-0.4, -0.2) is 30.0 Å². The molecule has 0 aliphatic rings. The van der Waals surface area contributed by atoms with E-state index >= 15 is 0 Å². The summed E-state index contributed by atoms with van der Waals surface area (Å²) in [6, 6.07) is 17.3. The molecule has 0 aliphatic heterocycles. The van der Waals surface area contributed by atoms with Gasteiger partial charge in [-0.2, -0.15) is 0 Å². The molecular weight excluding hydrogens is 416 g/mol. The van der Waals surface area contributed by atoms with E-state index in [-0.39, 0.29) is 18.4 Å². The zero-order chi connectivity index (χ0) is 21.3. The number of hydrogen-bond donors (Lipinski definition) is 1. The topological polar surface area (TPSA) is 68.3 Å². The van der Waals surface area contributed by atoms with Crippen molar-refractivity contribution in [3.8, 4) is 0 Å². The van der Waals surface area contributed by atoms with Gasteiger partial charge in [0.05, 0.1) is 5.56 Å². The number of benzene rings is 2. The van der Waals surface area contributed by atoms with Gasteiger partial charge in [0.1, 0.15) is 4.34 Å². The second kappa shape index (κ2) is 10.9. The molecule has 0 aliphatic carbocycles. The Bertz CT molecular complexity index is 989. The number of nitrogens with one attached hydrogen (secondary N) is 1. The summed E-state index contributed by atoms with van der Waals surface area (Å²) in [4.78, 5) is 29.1. The number of aryl methyl sites for hydroxylation is 1. The normalized spacial score (nSPS) is 11.7. The number of hydrogen-bond acceptors (Lipinski definition) is 6. The van der Waals surface area contributed by atoms with E-state index in [1.807, 2.05) is 61.7 Å². The number of nitrogens with zero attached hydrogens (tertiary/aromatic N) is 1. The maximum Gasteiger partial charge on any atom is 0.338 e. The first-order chi connectivity index (χ1) is 14.5. The van der Waals surface area contributed by atoms with Crippen LogP contribution in [0.2, 0.25) is 0 Å². The Balaban J connectivity index is 1.49. The van der Waals surface area contributed by atoms with Gasteiger partial charge in [-0.05, 0) is 30.0 Å². The van der Waals surface area contributed by atoms with Gasteiger partial charge in [0.15, 0.2) is 6.61 Å². The molecular formula is C23H24N2O3S2. The number of aromatic nitrogens is 1. The molecule has 0 spiro atoms. The van der Waals surface area contributed by atoms with E-state index in [0.29, 0.717) is 17.9 Å². The molecule has 1 atom stereocenters. The highest BCUT2D eigenvalue weighted by Crippen LogP contribution is 2.27. The van der Waals surface area contributed by atoms with E-state index in [1.54, 1.807) is 35.2 Å². The predicted octanol–water partition coefficient (Wildman–Crippen LogP) is 4.82. The van der Waals surface area contributed by atoms with Crippen LogP contribution in [0.3, 0.4) is 0 Å². The fraction of sp³-hybridized carbons (Fsp3) is 0.261. The Morgan fingerprint density at radius 3 is 2.60 bits per heavy atom. The summed E-state index contributed by atoms with van der Waals surface area (Å²) in [6.07, 6.45) is 0. The van der Waals surface area contributed by atoms with Crippen molar-refractivity contribution in [3.63, 3.8) is 0 Å². The molecule has 156 valence electrons. The standard InChI is InChI=1S/C23H24N2O3S2/c1-16(18-8-4-3-5-9-18)12-24-21(26)13-28-22(27)20-11-7-6-10-19(20)15-30-23-25-17(2)14-29-23/h3-11,14,16H,12-13,15H2,1-2H3,(H,24,26). The van der Waals surface area contributed by atoms with Gasteiger partial charge in [-0.15, -0.1) is 11.3 Å². The van der Waals surface area contributed by atoms with Crippen molar-refractivity contribution in [2.45, 2.75) is 29.9 Å². The quantitative estimate of drug-likeness (QED) is 0.382. The number of carbonyl (C=O) groups excluding carboxylic acids is 2. The molecule has 0 fully saturated rings. The van der Waals surface area contributed by atoms with Crippen molar-refractivity contribution in [1.82, 2.24) is 10.3 Å². The van der Waals surface area contributed by atoms with Gasteiger partial charge in [-0.25, -0.2) is 9.78 Å². The Hall–Kier alpha value is -2.64. The fourth-order valence-electron chi connectivity index (χ4n) is 2.81. The summed E-state index contributed by atoms with van der Waals surface area (Å²) in [7, 11) is 0. The summed E-state index contributed by atoms with van der Waals surface area (Å²) in [5.41, 5.74) is 3.47. The van der Waals surface area contributed by atoms with Gasteiger partial charge >= 0.3 is 5.97 Å². The third kappa shape index (κ3) is 6.43. The number of thiazole rings is 1. The van der Waals surface area contributed by atoms with E-state index in [9.17, 15) is 9.59 Å². The summed E-state index contributed by atoms with van der Waals surface area (Å²) in [6.45, 7) is 4.19. The molecule has 2 aromatic carbocycles. The van der Waals surface area contributed by atoms with Crippen LogP contribution in [0.1, 0.15) is 40.0 Å². The minimum absolute atomic E-state index is 0.179. The van der Waals surface area contributed by atoms with Crippen molar-refractivity contribution in [3.05, 3.63) is 82.4 Å². The molecule has 3 aromatic rings. The van der Waals surface area contributed by atoms with Crippen LogP contribution < -0.4 is 5.32 Å². The Morgan fingerprint density at radius 2 is 1.87 bits per heavy atom. The maximum absolute atomic E-state index is 12.5. The largest absolute Gasteiger partial charge is 0.452 e. The molecule has 1 amide bonds. The first-order valence-electron chi connectivity index (χ1n) is 9.64. The summed E-state index contributed by atoms with van der Waals surface area (Å²) < 4.78 is 6.21. The first kappa shape index (κ1) is 22.1. The average Bonchev–Trinajstić information content (AvgIpc) is 3.20. The van der Waals surface area contributed by atoms with Crippen molar-refractivity contribution < 1.29 is 14.3 Å². The third-order valence-corrected chi connectivity index (χ3v) is 6.68. The van der Waals surface area contributed by atoms with Crippen LogP contribution in [-0.2, 0) is 15.3 Å². The summed E-state index contributed by atoms with van der Waals surface area (Å²) in [5, 5.41) is 4.82. The van der Waals surface area contributed by atoms with Crippen LogP contribution >= 0.6 is 23.1 Å². The van der Waals surface area contributed by atoms with Gasteiger partial charge in [-0.3, -0.25) is 4.79 Å². The number of rotatable bonds is 9. The SMILES string of the molecule is Cc1csc(SCc2ccccc2C(=O)OCC(=O)NCC(C)c2ccccc2)n1. The van der Waals surface area contributed by atoms with Crippen molar-refractivity contribution in [2.75, 3.05) is 13.2 Å². The Kier molecular flexibility index (Phi) is 8.04. The van der Waals surface area contributed by atoms with E-state index in [2.05, 4.69) is 10.3 Å². The van der Waals surface area contributed by atoms with Gasteiger partial charge in [-0.1, -0.05) is 67.2 Å². The molecule has 1 heterocycles. The molecule has 0 radical (unpaired) electrons. The van der Waals surface area contributed by atoms with Crippen LogP contribution in [0.4, 0.5) is 0 Å². The average molecular weight is 441 g/mol. The van der Waals surface area contributed by atoms with Crippen LogP contribution in [0, 0.1) is 6.92 Å². The van der Waals surface area contributed by atoms with Gasteiger partial charge in [0.25, 0.3) is 5.91 Å². The van der Waals surface area contributed by atoms with Gasteiger partial charge in [0, 0.05) is 23.4 Å². The van der Waals surface area contributed by atoms with E-state index in [4.69, 9.17) is 4.74 Å². The molecule has 0 saturated carbocycles. The zero-order valence-electron chi connectivity index (χ0n) is 17.0. The van der Waals surface area contributed by atoms with Gasteiger partial charge < -0.3 is 10.1 Å². The lowest BCUT2D eigenvalue weighted by atomic mass is 10.0. The lowest BCUT2D eigenvalue weighted by molar-refractivity contribution is -0.124. The second-order valence-electron chi connectivity index (χ2n) is 6.89. The van der Waals surface area contributed by atoms with Crippen molar-refractivity contribution >= 4 is 35.0 Å². The number of carbonyl (C=O) groups is 2. The molecule has 5 nitrogen and oxygen atoms in total. The smallest absolute Gasteiger partial charge is 0.338 e. The molecule has 3 rings (SSSR count). The molecule has 0 bridgehead atoms. The lowest BCUT2D eigenvalue weighted by Crippen LogP contribution is -2.31. The molecule has 30 heavy (non-hydrogen) atoms. The van der Waals surface area contributed by atoms with Crippen LogP contribution in [0.15, 0.2) is 64.3 Å². The van der Waals surface area contributed by atoms with Crippen LogP contribution in [0.5, 0.6) is 0 Å². The maximum atomic E-state index is 12.5.